The van der Waals surface area contributed by atoms with Gasteiger partial charge in [0.15, 0.2) is 17.3 Å². The van der Waals surface area contributed by atoms with Gasteiger partial charge in [0.2, 0.25) is 5.43 Å². The number of pyridine rings is 1. The van der Waals surface area contributed by atoms with Crippen LogP contribution in [0.5, 0.6) is 11.5 Å². The molecule has 1 aliphatic rings. The van der Waals surface area contributed by atoms with Crippen molar-refractivity contribution in [3.05, 3.63) is 106 Å². The van der Waals surface area contributed by atoms with Crippen LogP contribution in [-0.4, -0.2) is 42.6 Å². The molecule has 8 heteroatoms. The van der Waals surface area contributed by atoms with E-state index in [2.05, 4.69) is 15.5 Å². The normalized spacial score (nSPS) is 11.9. The number of hydrogen-bond donors (Lipinski definition) is 2. The summed E-state index contributed by atoms with van der Waals surface area (Å²) < 4.78 is 23.8. The van der Waals surface area contributed by atoms with Crippen LogP contribution in [0.15, 0.2) is 83.8 Å². The van der Waals surface area contributed by atoms with Crippen molar-refractivity contribution in [2.24, 2.45) is 0 Å². The van der Waals surface area contributed by atoms with Crippen molar-refractivity contribution in [3.8, 4) is 17.2 Å². The third kappa shape index (κ3) is 4.56. The first-order valence-corrected chi connectivity index (χ1v) is 13.2. The molecule has 7 nitrogen and oxygen atoms in total. The zero-order chi connectivity index (χ0) is 27.8. The molecule has 1 aliphatic heterocycles. The Bertz CT molecular complexity index is 1820. The second kappa shape index (κ2) is 10.5. The van der Waals surface area contributed by atoms with E-state index in [-0.39, 0.29) is 28.9 Å². The van der Waals surface area contributed by atoms with Gasteiger partial charge in [-0.15, -0.1) is 0 Å². The monoisotopic (exact) mass is 536 g/mol. The Hall–Kier alpha value is -4.69. The maximum absolute atomic E-state index is 15.6. The van der Waals surface area contributed by atoms with E-state index in [0.29, 0.717) is 23.5 Å². The molecule has 0 saturated carbocycles. The molecule has 0 radical (unpaired) electrons. The fourth-order valence-corrected chi connectivity index (χ4v) is 5.19. The van der Waals surface area contributed by atoms with Gasteiger partial charge in [-0.05, 0) is 50.1 Å². The second-order valence-electron chi connectivity index (χ2n) is 10.2. The summed E-state index contributed by atoms with van der Waals surface area (Å²) in [6.45, 7) is 1.61. The first kappa shape index (κ1) is 25.6. The van der Waals surface area contributed by atoms with Crippen molar-refractivity contribution in [2.45, 2.75) is 13.0 Å². The minimum absolute atomic E-state index is 0.0683. The van der Waals surface area contributed by atoms with Crippen LogP contribution in [0, 0.1) is 5.82 Å². The molecule has 5 aromatic rings. The van der Waals surface area contributed by atoms with Crippen LogP contribution >= 0.6 is 0 Å². The van der Waals surface area contributed by atoms with E-state index >= 15 is 4.39 Å². The first-order chi connectivity index (χ1) is 19.4. The SMILES string of the molecule is CN(C)CCCNc1c(F)cc2c(=O)c(C(=O)NCc3ccccc3)cn3c2c1Oc1ccc2ccccc2c1-3. The summed E-state index contributed by atoms with van der Waals surface area (Å²) in [5.41, 5.74) is 1.59. The number of amides is 1. The lowest BCUT2D eigenvalue weighted by molar-refractivity contribution is 0.0949. The van der Waals surface area contributed by atoms with Crippen LogP contribution in [0.2, 0.25) is 0 Å². The molecule has 0 saturated heterocycles. The van der Waals surface area contributed by atoms with Crippen molar-refractivity contribution in [1.82, 2.24) is 14.8 Å². The lowest BCUT2D eigenvalue weighted by Gasteiger charge is -2.27. The molecular formula is C32H29FN4O3. The molecule has 0 unspecified atom stereocenters. The Morgan fingerprint density at radius 3 is 2.58 bits per heavy atom. The third-order valence-corrected chi connectivity index (χ3v) is 7.14. The highest BCUT2D eigenvalue weighted by Gasteiger charge is 2.29. The number of benzene rings is 4. The van der Waals surface area contributed by atoms with Crippen molar-refractivity contribution in [2.75, 3.05) is 32.5 Å². The Kier molecular flexibility index (Phi) is 6.69. The molecule has 0 bridgehead atoms. The predicted octanol–water partition coefficient (Wildman–Crippen LogP) is 5.68. The molecule has 0 atom stereocenters. The van der Waals surface area contributed by atoms with Gasteiger partial charge in [-0.3, -0.25) is 9.59 Å². The number of fused-ring (bicyclic) bond motifs is 4. The van der Waals surface area contributed by atoms with Gasteiger partial charge in [-0.2, -0.15) is 0 Å². The highest BCUT2D eigenvalue weighted by Crippen LogP contribution is 2.47. The van der Waals surface area contributed by atoms with E-state index in [4.69, 9.17) is 4.74 Å². The molecule has 0 fully saturated rings. The third-order valence-electron chi connectivity index (χ3n) is 7.14. The first-order valence-electron chi connectivity index (χ1n) is 13.2. The van der Waals surface area contributed by atoms with Crippen LogP contribution < -0.4 is 20.8 Å². The highest BCUT2D eigenvalue weighted by molar-refractivity contribution is 6.03. The number of nitrogens with one attached hydrogen (secondary N) is 2. The van der Waals surface area contributed by atoms with E-state index in [1.54, 1.807) is 10.8 Å². The topological polar surface area (TPSA) is 75.6 Å². The summed E-state index contributed by atoms with van der Waals surface area (Å²) in [7, 11) is 3.97. The van der Waals surface area contributed by atoms with Gasteiger partial charge < -0.3 is 24.8 Å². The van der Waals surface area contributed by atoms with Gasteiger partial charge in [-0.1, -0.05) is 60.7 Å². The number of halogens is 1. The number of rotatable bonds is 8. The molecule has 2 N–H and O–H groups in total. The number of aromatic nitrogens is 1. The van der Waals surface area contributed by atoms with Gasteiger partial charge in [0, 0.05) is 24.7 Å². The largest absolute Gasteiger partial charge is 0.451 e. The Balaban J connectivity index is 1.52. The number of carbonyl (C=O) groups is 1. The van der Waals surface area contributed by atoms with Crippen molar-refractivity contribution < 1.29 is 13.9 Å². The quantitative estimate of drug-likeness (QED) is 0.245. The fourth-order valence-electron chi connectivity index (χ4n) is 5.19. The maximum atomic E-state index is 15.6. The van der Waals surface area contributed by atoms with Crippen LogP contribution in [0.3, 0.4) is 0 Å². The summed E-state index contributed by atoms with van der Waals surface area (Å²) in [6, 6.07) is 22.3. The van der Waals surface area contributed by atoms with Crippen molar-refractivity contribution >= 4 is 33.3 Å². The van der Waals surface area contributed by atoms with Gasteiger partial charge in [-0.25, -0.2) is 4.39 Å². The van der Waals surface area contributed by atoms with E-state index in [1.165, 1.54) is 6.07 Å². The van der Waals surface area contributed by atoms with Crippen molar-refractivity contribution in [1.29, 1.82) is 0 Å². The summed E-state index contributed by atoms with van der Waals surface area (Å²) in [6.07, 6.45) is 2.34. The highest BCUT2D eigenvalue weighted by atomic mass is 19.1. The van der Waals surface area contributed by atoms with Gasteiger partial charge in [0.25, 0.3) is 5.91 Å². The number of hydrogen-bond acceptors (Lipinski definition) is 5. The zero-order valence-corrected chi connectivity index (χ0v) is 22.3. The zero-order valence-electron chi connectivity index (χ0n) is 22.3. The maximum Gasteiger partial charge on any atom is 0.257 e. The summed E-state index contributed by atoms with van der Waals surface area (Å²) in [5, 5.41) is 7.96. The lowest BCUT2D eigenvalue weighted by Crippen LogP contribution is -2.30. The Labute approximate surface area is 230 Å². The number of ether oxygens (including phenoxy) is 1. The molecule has 1 aromatic heterocycles. The number of nitrogens with zero attached hydrogens (tertiary/aromatic N) is 2. The molecule has 0 spiro atoms. The number of carbonyl (C=O) groups excluding carboxylic acids is 1. The van der Waals surface area contributed by atoms with Gasteiger partial charge >= 0.3 is 0 Å². The Morgan fingerprint density at radius 2 is 1.77 bits per heavy atom. The second-order valence-corrected chi connectivity index (χ2v) is 10.2. The molecule has 0 aliphatic carbocycles. The molecule has 202 valence electrons. The van der Waals surface area contributed by atoms with E-state index in [1.807, 2.05) is 80.8 Å². The van der Waals surface area contributed by atoms with Crippen LogP contribution in [-0.2, 0) is 6.54 Å². The minimum atomic E-state index is -0.609. The van der Waals surface area contributed by atoms with Crippen molar-refractivity contribution in [3.63, 3.8) is 0 Å². The smallest absolute Gasteiger partial charge is 0.257 e. The van der Waals surface area contributed by atoms with Crippen LogP contribution in [0.4, 0.5) is 10.1 Å². The van der Waals surface area contributed by atoms with Crippen LogP contribution in [0.25, 0.3) is 27.4 Å². The molecule has 2 heterocycles. The summed E-state index contributed by atoms with van der Waals surface area (Å²) in [4.78, 5) is 29.1. The lowest BCUT2D eigenvalue weighted by atomic mass is 10.0. The molecule has 1 amide bonds. The van der Waals surface area contributed by atoms with Gasteiger partial charge in [0.1, 0.15) is 16.8 Å². The summed E-state index contributed by atoms with van der Waals surface area (Å²) >= 11 is 0. The average Bonchev–Trinajstić information content (AvgIpc) is 2.96. The fraction of sp³-hybridized carbons (Fsp3) is 0.188. The Morgan fingerprint density at radius 1 is 1.00 bits per heavy atom. The van der Waals surface area contributed by atoms with E-state index in [9.17, 15) is 9.59 Å². The van der Waals surface area contributed by atoms with Gasteiger partial charge in [0.05, 0.1) is 11.1 Å². The van der Waals surface area contributed by atoms with Crippen LogP contribution in [0.1, 0.15) is 22.3 Å². The average molecular weight is 537 g/mol. The number of anilines is 1. The van der Waals surface area contributed by atoms with E-state index in [0.717, 1.165) is 29.3 Å². The standard InChI is InChI=1S/C32H29FN4O3/c1-36(2)16-8-15-34-27-25(33)17-23-29-31(27)40-26-14-13-21-11-6-7-12-22(21)28(26)37(29)19-24(30(23)38)32(39)35-18-20-9-4-3-5-10-20/h3-7,9-14,17,19,34H,8,15-16,18H2,1-2H3,(H,35,39). The summed E-state index contributed by atoms with van der Waals surface area (Å²) in [5.74, 6) is -0.396. The molecule has 6 rings (SSSR count). The molecule has 40 heavy (non-hydrogen) atoms. The predicted molar refractivity (Wildman–Crippen MR) is 156 cm³/mol. The molecular weight excluding hydrogens is 507 g/mol. The minimum Gasteiger partial charge on any atom is -0.451 e. The van der Waals surface area contributed by atoms with E-state index < -0.39 is 17.2 Å². The molecule has 4 aromatic carbocycles.